The van der Waals surface area contributed by atoms with E-state index < -0.39 is 29.5 Å². The molecule has 3 aliphatic rings. The van der Waals surface area contributed by atoms with Gasteiger partial charge in [0.05, 0.1) is 18.6 Å². The van der Waals surface area contributed by atoms with Crippen molar-refractivity contribution in [2.45, 2.75) is 45.3 Å². The van der Waals surface area contributed by atoms with Crippen LogP contribution in [0.2, 0.25) is 0 Å². The fourth-order valence-electron chi connectivity index (χ4n) is 3.96. The molecule has 4 atom stereocenters. The number of carboxylic acids is 1. The summed E-state index contributed by atoms with van der Waals surface area (Å²) in [5.41, 5.74) is 1.76. The van der Waals surface area contributed by atoms with Gasteiger partial charge in [-0.25, -0.2) is 0 Å². The molecule has 1 spiro atoms. The number of hydrogen-bond acceptors (Lipinski definition) is 4. The van der Waals surface area contributed by atoms with Crippen LogP contribution in [0.5, 0.6) is 0 Å². The normalized spacial score (nSPS) is 34.0. The maximum atomic E-state index is 12.7. The van der Waals surface area contributed by atoms with E-state index in [4.69, 9.17) is 4.74 Å². The largest absolute Gasteiger partial charge is 0.550 e. The highest BCUT2D eigenvalue weighted by atomic mass is 16.5. The van der Waals surface area contributed by atoms with Gasteiger partial charge in [-0.3, -0.25) is 4.79 Å². The molecule has 0 unspecified atom stereocenters. The molecule has 0 N–H and O–H groups in total. The van der Waals surface area contributed by atoms with E-state index in [2.05, 4.69) is 32.9 Å². The molecular weight excluding hydrogens is 306 g/mol. The number of fused-ring (bicyclic) bond motifs is 1. The number of carboxylic acid groups (broad SMARTS) is 1. The smallest absolute Gasteiger partial charge is 0.230 e. The van der Waals surface area contributed by atoms with Crippen LogP contribution in [-0.4, -0.2) is 41.6 Å². The maximum Gasteiger partial charge on any atom is 0.230 e. The summed E-state index contributed by atoms with van der Waals surface area (Å²) in [6.07, 6.45) is 9.31. The molecule has 0 aromatic carbocycles. The molecule has 24 heavy (non-hydrogen) atoms. The van der Waals surface area contributed by atoms with E-state index in [9.17, 15) is 14.7 Å². The van der Waals surface area contributed by atoms with Crippen molar-refractivity contribution >= 4 is 11.9 Å². The van der Waals surface area contributed by atoms with Crippen LogP contribution in [0.3, 0.4) is 0 Å². The molecule has 0 saturated carbocycles. The van der Waals surface area contributed by atoms with Crippen LogP contribution in [-0.2, 0) is 14.3 Å². The summed E-state index contributed by atoms with van der Waals surface area (Å²) in [6.45, 7) is 7.14. The predicted molar refractivity (Wildman–Crippen MR) is 87.7 cm³/mol. The minimum Gasteiger partial charge on any atom is -0.550 e. The van der Waals surface area contributed by atoms with E-state index in [1.165, 1.54) is 11.1 Å². The standard InChI is InChI=1S/C19H25NO4/c1-12(2)5-4-6-13(3)8-10-20-11-19-9-7-14(24-19)15(18(22)23)16(19)17(20)21/h5,7-9,14-16H,4,6,10-11H2,1-3H3,(H,22,23)/p-1/b13-8-/t14-,15+,16-,19+/m1/s1. The highest BCUT2D eigenvalue weighted by molar-refractivity contribution is 5.90. The topological polar surface area (TPSA) is 69.7 Å². The summed E-state index contributed by atoms with van der Waals surface area (Å²) in [5, 5.41) is 11.4. The van der Waals surface area contributed by atoms with Gasteiger partial charge >= 0.3 is 0 Å². The molecule has 3 rings (SSSR count). The van der Waals surface area contributed by atoms with Gasteiger partial charge in [0.25, 0.3) is 0 Å². The number of aliphatic carboxylic acids is 1. The zero-order valence-corrected chi connectivity index (χ0v) is 14.5. The van der Waals surface area contributed by atoms with Gasteiger partial charge in [-0.1, -0.05) is 35.5 Å². The number of likely N-dealkylation sites (tertiary alicyclic amines) is 1. The summed E-state index contributed by atoms with van der Waals surface area (Å²) < 4.78 is 5.83. The third-order valence-electron chi connectivity index (χ3n) is 5.20. The van der Waals surface area contributed by atoms with Crippen molar-refractivity contribution in [3.8, 4) is 0 Å². The molecule has 1 amide bonds. The lowest BCUT2D eigenvalue weighted by Crippen LogP contribution is -2.45. The average Bonchev–Trinajstić information content (AvgIpc) is 3.13. The third-order valence-corrected chi connectivity index (χ3v) is 5.20. The van der Waals surface area contributed by atoms with Crippen LogP contribution in [0, 0.1) is 11.8 Å². The van der Waals surface area contributed by atoms with Crippen LogP contribution in [0.4, 0.5) is 0 Å². The molecular formula is C19H24NO4-. The van der Waals surface area contributed by atoms with Gasteiger partial charge in [-0.05, 0) is 33.6 Å². The van der Waals surface area contributed by atoms with Gasteiger partial charge in [-0.2, -0.15) is 0 Å². The van der Waals surface area contributed by atoms with Crippen molar-refractivity contribution in [2.24, 2.45) is 11.8 Å². The Kier molecular flexibility index (Phi) is 4.38. The van der Waals surface area contributed by atoms with Crippen molar-refractivity contribution < 1.29 is 19.4 Å². The molecule has 3 heterocycles. The van der Waals surface area contributed by atoms with E-state index >= 15 is 0 Å². The molecule has 5 nitrogen and oxygen atoms in total. The first-order valence-electron chi connectivity index (χ1n) is 8.50. The Morgan fingerprint density at radius 2 is 2.17 bits per heavy atom. The van der Waals surface area contributed by atoms with E-state index in [1.54, 1.807) is 11.0 Å². The van der Waals surface area contributed by atoms with E-state index in [0.717, 1.165) is 12.8 Å². The third kappa shape index (κ3) is 2.81. The van der Waals surface area contributed by atoms with E-state index in [1.807, 2.05) is 6.08 Å². The Hall–Kier alpha value is -1.88. The Morgan fingerprint density at radius 1 is 1.42 bits per heavy atom. The number of ether oxygens (including phenoxy) is 1. The summed E-state index contributed by atoms with van der Waals surface area (Å²) in [6, 6.07) is 0. The second-order valence-corrected chi connectivity index (χ2v) is 7.31. The molecule has 2 fully saturated rings. The molecule has 0 radical (unpaired) electrons. The number of carbonyl (C=O) groups excluding carboxylic acids is 2. The monoisotopic (exact) mass is 330 g/mol. The van der Waals surface area contributed by atoms with Gasteiger partial charge in [0.2, 0.25) is 5.91 Å². The molecule has 130 valence electrons. The quantitative estimate of drug-likeness (QED) is 0.687. The summed E-state index contributed by atoms with van der Waals surface area (Å²) in [4.78, 5) is 25.8. The van der Waals surface area contributed by atoms with Crippen molar-refractivity contribution in [3.05, 3.63) is 35.5 Å². The number of carbonyl (C=O) groups is 2. The molecule has 0 aromatic rings. The first-order chi connectivity index (χ1) is 11.3. The van der Waals surface area contributed by atoms with Crippen LogP contribution in [0.25, 0.3) is 0 Å². The lowest BCUT2D eigenvalue weighted by Gasteiger charge is -2.24. The number of amides is 1. The van der Waals surface area contributed by atoms with Crippen LogP contribution in [0.1, 0.15) is 33.6 Å². The van der Waals surface area contributed by atoms with Gasteiger partial charge in [0, 0.05) is 18.4 Å². The Bertz CT molecular complexity index is 644. The van der Waals surface area contributed by atoms with Crippen LogP contribution < -0.4 is 5.11 Å². The molecule has 0 aromatic heterocycles. The fraction of sp³-hybridized carbons (Fsp3) is 0.579. The maximum absolute atomic E-state index is 12.7. The van der Waals surface area contributed by atoms with E-state index in [0.29, 0.717) is 13.1 Å². The van der Waals surface area contributed by atoms with Gasteiger partial charge in [0.1, 0.15) is 5.60 Å². The highest BCUT2D eigenvalue weighted by Gasteiger charge is 2.65. The minimum atomic E-state index is -1.19. The molecule has 5 heteroatoms. The predicted octanol–water partition coefficient (Wildman–Crippen LogP) is 1.21. The molecule has 2 saturated heterocycles. The number of hydrogen-bond donors (Lipinski definition) is 0. The molecule has 2 bridgehead atoms. The fourth-order valence-corrected chi connectivity index (χ4v) is 3.96. The molecule has 0 aliphatic carbocycles. The second kappa shape index (κ2) is 6.20. The van der Waals surface area contributed by atoms with Gasteiger partial charge < -0.3 is 19.5 Å². The van der Waals surface area contributed by atoms with Gasteiger partial charge in [-0.15, -0.1) is 0 Å². The van der Waals surface area contributed by atoms with E-state index in [-0.39, 0.29) is 5.91 Å². The van der Waals surface area contributed by atoms with Crippen molar-refractivity contribution in [1.29, 1.82) is 0 Å². The SMILES string of the molecule is CC(C)=CCC/C(C)=C\CN1C[C@]23C=C[C@@H](O2)[C@H](C(=O)[O-])[C@@H]3C1=O. The Balaban J connectivity index is 1.66. The first kappa shape index (κ1) is 17.0. The van der Waals surface area contributed by atoms with Crippen LogP contribution in [0.15, 0.2) is 35.5 Å². The zero-order chi connectivity index (χ0) is 17.5. The minimum absolute atomic E-state index is 0.135. The average molecular weight is 330 g/mol. The highest BCUT2D eigenvalue weighted by Crippen LogP contribution is 2.51. The van der Waals surface area contributed by atoms with Gasteiger partial charge in [0.15, 0.2) is 0 Å². The first-order valence-corrected chi connectivity index (χ1v) is 8.50. The van der Waals surface area contributed by atoms with Crippen molar-refractivity contribution in [2.75, 3.05) is 13.1 Å². The Morgan fingerprint density at radius 3 is 2.83 bits per heavy atom. The number of rotatable bonds is 6. The lowest BCUT2D eigenvalue weighted by atomic mass is 9.77. The van der Waals surface area contributed by atoms with Crippen LogP contribution >= 0.6 is 0 Å². The second-order valence-electron chi connectivity index (χ2n) is 7.31. The lowest BCUT2D eigenvalue weighted by molar-refractivity contribution is -0.313. The Labute approximate surface area is 142 Å². The number of nitrogens with zero attached hydrogens (tertiary/aromatic N) is 1. The van der Waals surface area contributed by atoms with Crippen molar-refractivity contribution in [1.82, 2.24) is 4.90 Å². The molecule has 3 aliphatic heterocycles. The summed E-state index contributed by atoms with van der Waals surface area (Å²) >= 11 is 0. The summed E-state index contributed by atoms with van der Waals surface area (Å²) in [5.74, 6) is -2.84. The number of allylic oxidation sites excluding steroid dienone is 3. The zero-order valence-electron chi connectivity index (χ0n) is 14.5. The van der Waals surface area contributed by atoms with Crippen molar-refractivity contribution in [3.63, 3.8) is 0 Å². The summed E-state index contributed by atoms with van der Waals surface area (Å²) in [7, 11) is 0.